The van der Waals surface area contributed by atoms with Crippen molar-refractivity contribution in [1.29, 1.82) is 0 Å². The molecule has 0 aromatic carbocycles. The summed E-state index contributed by atoms with van der Waals surface area (Å²) in [6, 6.07) is 1.93. The minimum absolute atomic E-state index is 0.0743. The summed E-state index contributed by atoms with van der Waals surface area (Å²) in [7, 11) is 1.85. The number of aryl methyl sites for hydroxylation is 2. The normalized spacial score (nSPS) is 25.3. The van der Waals surface area contributed by atoms with E-state index >= 15 is 0 Å². The number of hydrogen-bond acceptors (Lipinski definition) is 4. The highest BCUT2D eigenvalue weighted by atomic mass is 16.4. The maximum Gasteiger partial charge on any atom is 0.308 e. The predicted octanol–water partition coefficient (Wildman–Crippen LogP) is 2.34. The number of carboxylic acids is 1. The van der Waals surface area contributed by atoms with Crippen LogP contribution in [0.2, 0.25) is 0 Å². The van der Waals surface area contributed by atoms with E-state index in [1.165, 1.54) is 0 Å². The Bertz CT molecular complexity index is 958. The van der Waals surface area contributed by atoms with Gasteiger partial charge in [0.1, 0.15) is 0 Å². The lowest BCUT2D eigenvalue weighted by Gasteiger charge is -2.17. The van der Waals surface area contributed by atoms with Crippen molar-refractivity contribution in [2.75, 3.05) is 13.1 Å². The van der Waals surface area contributed by atoms with Crippen LogP contribution in [-0.2, 0) is 11.8 Å². The van der Waals surface area contributed by atoms with Gasteiger partial charge in [0, 0.05) is 31.7 Å². The summed E-state index contributed by atoms with van der Waals surface area (Å²) in [5.74, 6) is -0.323. The Morgan fingerprint density at radius 1 is 1.19 bits per heavy atom. The number of fused-ring (bicyclic) bond motifs is 1. The zero-order valence-electron chi connectivity index (χ0n) is 15.7. The van der Waals surface area contributed by atoms with Crippen molar-refractivity contribution < 1.29 is 14.7 Å². The van der Waals surface area contributed by atoms with Crippen LogP contribution in [0.5, 0.6) is 0 Å². The zero-order chi connectivity index (χ0) is 18.9. The molecule has 1 saturated heterocycles. The number of hydrogen-bond donors (Lipinski definition) is 1. The van der Waals surface area contributed by atoms with Gasteiger partial charge in [0.05, 0.1) is 22.6 Å². The molecule has 27 heavy (non-hydrogen) atoms. The molecule has 7 nitrogen and oxygen atoms in total. The van der Waals surface area contributed by atoms with E-state index in [9.17, 15) is 14.7 Å². The summed E-state index contributed by atoms with van der Waals surface area (Å²) in [6.45, 7) is 2.74. The number of rotatable bonds is 4. The van der Waals surface area contributed by atoms with Gasteiger partial charge in [-0.2, -0.15) is 5.10 Å². The number of carbonyl (C=O) groups excluding carboxylic acids is 1. The lowest BCUT2D eigenvalue weighted by atomic mass is 9.92. The van der Waals surface area contributed by atoms with E-state index in [0.717, 1.165) is 48.1 Å². The highest BCUT2D eigenvalue weighted by Gasteiger charge is 2.47. The molecular formula is C20H24N4O3. The van der Waals surface area contributed by atoms with E-state index in [0.29, 0.717) is 30.5 Å². The van der Waals surface area contributed by atoms with Gasteiger partial charge in [-0.15, -0.1) is 0 Å². The van der Waals surface area contributed by atoms with E-state index in [1.807, 2.05) is 20.0 Å². The number of pyridine rings is 1. The van der Waals surface area contributed by atoms with Crippen molar-refractivity contribution in [3.63, 3.8) is 0 Å². The number of amides is 1. The van der Waals surface area contributed by atoms with Crippen molar-refractivity contribution in [2.45, 2.75) is 38.5 Å². The Kier molecular flexibility index (Phi) is 3.58. The van der Waals surface area contributed by atoms with Gasteiger partial charge in [0.15, 0.2) is 5.65 Å². The van der Waals surface area contributed by atoms with Gasteiger partial charge in [-0.05, 0) is 50.5 Å². The molecule has 3 heterocycles. The first-order chi connectivity index (χ1) is 12.9. The van der Waals surface area contributed by atoms with E-state index in [1.54, 1.807) is 9.58 Å². The van der Waals surface area contributed by atoms with Gasteiger partial charge in [-0.3, -0.25) is 14.3 Å². The summed E-state index contributed by atoms with van der Waals surface area (Å²) in [6.07, 6.45) is 4.39. The highest BCUT2D eigenvalue weighted by molar-refractivity contribution is 6.06. The third kappa shape index (κ3) is 2.71. The number of nitrogens with zero attached hydrogens (tertiary/aromatic N) is 4. The molecule has 0 bridgehead atoms. The predicted molar refractivity (Wildman–Crippen MR) is 98.5 cm³/mol. The quantitative estimate of drug-likeness (QED) is 0.895. The van der Waals surface area contributed by atoms with Gasteiger partial charge in [0.2, 0.25) is 0 Å². The van der Waals surface area contributed by atoms with Crippen LogP contribution in [0, 0.1) is 24.7 Å². The fourth-order valence-electron chi connectivity index (χ4n) is 4.65. The molecule has 3 aliphatic rings. The molecule has 2 saturated carbocycles. The largest absolute Gasteiger partial charge is 0.481 e. The molecule has 1 aliphatic heterocycles. The van der Waals surface area contributed by atoms with Crippen LogP contribution in [0.3, 0.4) is 0 Å². The number of aromatic nitrogens is 3. The molecule has 2 aromatic heterocycles. The molecule has 0 unspecified atom stereocenters. The standard InChI is InChI=1S/C20H24N4O3/c1-10-17-13(7-16(12-5-6-12)21-18(17)23(2)22-10)19(25)24-8-14(11-3-4-11)15(9-24)20(26)27/h7,11-12,14-15H,3-6,8-9H2,1-2H3,(H,26,27)/t14-,15+/m1/s1. The van der Waals surface area contributed by atoms with E-state index in [4.69, 9.17) is 4.98 Å². The van der Waals surface area contributed by atoms with Crippen molar-refractivity contribution >= 4 is 22.9 Å². The third-order valence-electron chi connectivity index (χ3n) is 6.41. The second-order valence-corrected chi connectivity index (χ2v) is 8.43. The van der Waals surface area contributed by atoms with Gasteiger partial charge in [-0.1, -0.05) is 0 Å². The molecular weight excluding hydrogens is 344 g/mol. The Morgan fingerprint density at radius 2 is 1.93 bits per heavy atom. The lowest BCUT2D eigenvalue weighted by molar-refractivity contribution is -0.142. The average Bonchev–Trinajstić information content (AvgIpc) is 3.56. The SMILES string of the molecule is Cc1nn(C)c2nc(C3CC3)cc(C(=O)N3C[C@H](C(=O)O)[C@@H](C4CC4)C3)c12. The van der Waals surface area contributed by atoms with E-state index < -0.39 is 11.9 Å². The molecule has 0 radical (unpaired) electrons. The summed E-state index contributed by atoms with van der Waals surface area (Å²) in [4.78, 5) is 31.7. The number of likely N-dealkylation sites (tertiary alicyclic amines) is 1. The highest BCUT2D eigenvalue weighted by Crippen LogP contribution is 2.45. The van der Waals surface area contributed by atoms with Crippen LogP contribution >= 0.6 is 0 Å². The molecule has 0 spiro atoms. The smallest absolute Gasteiger partial charge is 0.308 e. The van der Waals surface area contributed by atoms with Crippen molar-refractivity contribution in [1.82, 2.24) is 19.7 Å². The first-order valence-corrected chi connectivity index (χ1v) is 9.80. The molecule has 7 heteroatoms. The first kappa shape index (κ1) is 16.7. The van der Waals surface area contributed by atoms with Crippen molar-refractivity contribution in [3.05, 3.63) is 23.0 Å². The van der Waals surface area contributed by atoms with Gasteiger partial charge < -0.3 is 10.0 Å². The van der Waals surface area contributed by atoms with Crippen molar-refractivity contribution in [2.24, 2.45) is 24.8 Å². The summed E-state index contributed by atoms with van der Waals surface area (Å²) >= 11 is 0. The maximum absolute atomic E-state index is 13.4. The molecule has 2 atom stereocenters. The molecule has 1 amide bonds. The fourth-order valence-corrected chi connectivity index (χ4v) is 4.65. The Hall–Kier alpha value is -2.44. The minimum Gasteiger partial charge on any atom is -0.481 e. The van der Waals surface area contributed by atoms with Crippen LogP contribution in [0.1, 0.15) is 53.3 Å². The summed E-state index contributed by atoms with van der Waals surface area (Å²) in [5.41, 5.74) is 3.13. The van der Waals surface area contributed by atoms with Gasteiger partial charge in [-0.25, -0.2) is 4.98 Å². The molecule has 5 rings (SSSR count). The summed E-state index contributed by atoms with van der Waals surface area (Å²) < 4.78 is 1.74. The summed E-state index contributed by atoms with van der Waals surface area (Å²) in [5, 5.41) is 14.9. The second-order valence-electron chi connectivity index (χ2n) is 8.43. The molecule has 1 N–H and O–H groups in total. The monoisotopic (exact) mass is 368 g/mol. The van der Waals surface area contributed by atoms with Gasteiger partial charge in [0.25, 0.3) is 5.91 Å². The van der Waals surface area contributed by atoms with Gasteiger partial charge >= 0.3 is 5.97 Å². The molecule has 2 aromatic rings. The van der Waals surface area contributed by atoms with Crippen LogP contribution < -0.4 is 0 Å². The second kappa shape index (κ2) is 5.78. The molecule has 2 aliphatic carbocycles. The van der Waals surface area contributed by atoms with Crippen LogP contribution in [0.4, 0.5) is 0 Å². The Labute approximate surface area is 157 Å². The van der Waals surface area contributed by atoms with Crippen molar-refractivity contribution in [3.8, 4) is 0 Å². The maximum atomic E-state index is 13.4. The number of carboxylic acid groups (broad SMARTS) is 1. The van der Waals surface area contributed by atoms with E-state index in [-0.39, 0.29) is 11.8 Å². The lowest BCUT2D eigenvalue weighted by Crippen LogP contribution is -2.30. The molecule has 3 fully saturated rings. The Morgan fingerprint density at radius 3 is 2.56 bits per heavy atom. The topological polar surface area (TPSA) is 88.3 Å². The van der Waals surface area contributed by atoms with Crippen LogP contribution in [0.15, 0.2) is 6.07 Å². The first-order valence-electron chi connectivity index (χ1n) is 9.80. The van der Waals surface area contributed by atoms with Crippen LogP contribution in [0.25, 0.3) is 11.0 Å². The van der Waals surface area contributed by atoms with Crippen LogP contribution in [-0.4, -0.2) is 49.7 Å². The minimum atomic E-state index is -0.779. The number of aliphatic carboxylic acids is 1. The zero-order valence-corrected chi connectivity index (χ0v) is 15.7. The third-order valence-corrected chi connectivity index (χ3v) is 6.41. The van der Waals surface area contributed by atoms with E-state index in [2.05, 4.69) is 5.10 Å². The molecule has 142 valence electrons. The fraction of sp³-hybridized carbons (Fsp3) is 0.600. The average molecular weight is 368 g/mol. The number of carbonyl (C=O) groups is 2. The Balaban J connectivity index is 1.54.